The third kappa shape index (κ3) is 4.22. The smallest absolute Gasteiger partial charge is 0.267 e. The summed E-state index contributed by atoms with van der Waals surface area (Å²) in [6, 6.07) is 12.7. The van der Waals surface area contributed by atoms with Gasteiger partial charge < -0.3 is 0 Å². The summed E-state index contributed by atoms with van der Waals surface area (Å²) in [5.74, 6) is -0.432. The molecule has 0 unspecified atom stereocenters. The number of nitro benzene ring substituents is 1. The molecule has 0 radical (unpaired) electrons. The van der Waals surface area contributed by atoms with E-state index in [-0.39, 0.29) is 5.69 Å². The first-order valence-corrected chi connectivity index (χ1v) is 6.69. The van der Waals surface area contributed by atoms with Crippen molar-refractivity contribution in [1.29, 1.82) is 0 Å². The van der Waals surface area contributed by atoms with Crippen LogP contribution in [0.25, 0.3) is 0 Å². The molecule has 0 atom stereocenters. The minimum atomic E-state index is -0.520. The van der Waals surface area contributed by atoms with Gasteiger partial charge in [-0.2, -0.15) is 5.10 Å². The van der Waals surface area contributed by atoms with Gasteiger partial charge in [-0.15, -0.1) is 0 Å². The topological polar surface area (TPSA) is 84.6 Å². The first-order chi connectivity index (χ1) is 10.1. The van der Waals surface area contributed by atoms with Gasteiger partial charge in [0.15, 0.2) is 0 Å². The zero-order valence-corrected chi connectivity index (χ0v) is 12.3. The number of halogens is 1. The zero-order chi connectivity index (χ0) is 15.2. The molecule has 0 aliphatic heterocycles. The Morgan fingerprint density at radius 2 is 1.76 bits per heavy atom. The maximum Gasteiger partial charge on any atom is 0.271 e. The molecule has 1 N–H and O–H groups in total. The van der Waals surface area contributed by atoms with Crippen LogP contribution in [0.5, 0.6) is 0 Å². The lowest BCUT2D eigenvalue weighted by Gasteiger charge is -1.99. The fraction of sp³-hybridized carbons (Fsp3) is 0. The summed E-state index contributed by atoms with van der Waals surface area (Å²) in [5.41, 5.74) is 3.43. The largest absolute Gasteiger partial charge is 0.271 e. The first-order valence-electron chi connectivity index (χ1n) is 5.90. The van der Waals surface area contributed by atoms with E-state index >= 15 is 0 Å². The lowest BCUT2D eigenvalue weighted by atomic mass is 10.2. The van der Waals surface area contributed by atoms with Crippen LogP contribution in [0.4, 0.5) is 5.69 Å². The van der Waals surface area contributed by atoms with Gasteiger partial charge in [0, 0.05) is 22.2 Å². The zero-order valence-electron chi connectivity index (χ0n) is 10.7. The molecule has 2 aromatic rings. The van der Waals surface area contributed by atoms with Gasteiger partial charge in [0.1, 0.15) is 0 Å². The molecule has 2 aromatic carbocycles. The van der Waals surface area contributed by atoms with Crippen LogP contribution in [0, 0.1) is 10.1 Å². The Morgan fingerprint density at radius 3 is 2.33 bits per heavy atom. The second kappa shape index (κ2) is 6.76. The highest BCUT2D eigenvalue weighted by molar-refractivity contribution is 9.10. The van der Waals surface area contributed by atoms with Crippen LogP contribution >= 0.6 is 15.9 Å². The number of hydrogen-bond donors (Lipinski definition) is 1. The van der Waals surface area contributed by atoms with Crippen molar-refractivity contribution in [3.63, 3.8) is 0 Å². The highest BCUT2D eigenvalue weighted by Crippen LogP contribution is 2.12. The number of hydrazone groups is 1. The van der Waals surface area contributed by atoms with Crippen LogP contribution in [0.1, 0.15) is 15.9 Å². The third-order valence-electron chi connectivity index (χ3n) is 2.59. The molecule has 0 saturated carbocycles. The minimum absolute atomic E-state index is 0.0649. The summed E-state index contributed by atoms with van der Waals surface area (Å²) in [5, 5.41) is 14.3. The minimum Gasteiger partial charge on any atom is -0.267 e. The Bertz CT molecular complexity index is 682. The van der Waals surface area contributed by atoms with Gasteiger partial charge in [0.05, 0.1) is 11.1 Å². The summed E-state index contributed by atoms with van der Waals surface area (Å²) >= 11 is 3.32. The molecule has 0 aromatic heterocycles. The fourth-order valence-electron chi connectivity index (χ4n) is 1.51. The average Bonchev–Trinajstić information content (AvgIpc) is 2.49. The SMILES string of the molecule is O=C(NN=Cc1ccc(Br)cc1)c1ccc([N+](=O)[O-])cc1. The Kier molecular flexibility index (Phi) is 4.78. The number of rotatable bonds is 4. The second-order valence-corrected chi connectivity index (χ2v) is 4.97. The van der Waals surface area contributed by atoms with Gasteiger partial charge in [0.25, 0.3) is 11.6 Å². The molecule has 0 spiro atoms. The van der Waals surface area contributed by atoms with E-state index in [1.165, 1.54) is 30.5 Å². The maximum absolute atomic E-state index is 11.8. The van der Waals surface area contributed by atoms with Gasteiger partial charge in [-0.25, -0.2) is 5.43 Å². The van der Waals surface area contributed by atoms with Crippen LogP contribution in [-0.2, 0) is 0 Å². The molecular formula is C14H10BrN3O3. The Balaban J connectivity index is 1.98. The Labute approximate surface area is 128 Å². The number of nitro groups is 1. The number of nitrogens with zero attached hydrogens (tertiary/aromatic N) is 2. The number of amides is 1. The predicted molar refractivity (Wildman–Crippen MR) is 82.3 cm³/mol. The standard InChI is InChI=1S/C14H10BrN3O3/c15-12-5-1-10(2-6-12)9-16-17-14(19)11-3-7-13(8-4-11)18(20)21/h1-9H,(H,17,19). The number of carbonyl (C=O) groups excluding carboxylic acids is 1. The maximum atomic E-state index is 11.8. The summed E-state index contributed by atoms with van der Waals surface area (Å²) in [6.07, 6.45) is 1.51. The van der Waals surface area contributed by atoms with Crippen LogP contribution in [-0.4, -0.2) is 17.0 Å². The highest BCUT2D eigenvalue weighted by Gasteiger charge is 2.08. The van der Waals surface area contributed by atoms with Crippen molar-refractivity contribution in [3.8, 4) is 0 Å². The monoisotopic (exact) mass is 347 g/mol. The summed E-state index contributed by atoms with van der Waals surface area (Å²) in [7, 11) is 0. The molecule has 2 rings (SSSR count). The predicted octanol–water partition coefficient (Wildman–Crippen LogP) is 3.12. The summed E-state index contributed by atoms with van der Waals surface area (Å²) < 4.78 is 0.953. The number of carbonyl (C=O) groups is 1. The number of nitrogens with one attached hydrogen (secondary N) is 1. The summed E-state index contributed by atoms with van der Waals surface area (Å²) in [6.45, 7) is 0. The molecule has 1 amide bonds. The number of hydrogen-bond acceptors (Lipinski definition) is 4. The normalized spacial score (nSPS) is 10.5. The van der Waals surface area contributed by atoms with Gasteiger partial charge in [-0.3, -0.25) is 14.9 Å². The molecule has 0 saturated heterocycles. The molecule has 0 aliphatic rings. The van der Waals surface area contributed by atoms with Crippen molar-refractivity contribution in [1.82, 2.24) is 5.43 Å². The molecule has 0 aliphatic carbocycles. The molecule has 6 nitrogen and oxygen atoms in total. The first kappa shape index (κ1) is 14.9. The van der Waals surface area contributed by atoms with Crippen molar-refractivity contribution in [2.45, 2.75) is 0 Å². The molecule has 7 heteroatoms. The molecule has 0 heterocycles. The van der Waals surface area contributed by atoms with Crippen molar-refractivity contribution >= 4 is 33.7 Å². The molecule has 0 fully saturated rings. The molecule has 0 bridgehead atoms. The van der Waals surface area contributed by atoms with Crippen LogP contribution < -0.4 is 5.43 Å². The lowest BCUT2D eigenvalue weighted by molar-refractivity contribution is -0.384. The van der Waals surface area contributed by atoms with Gasteiger partial charge in [-0.1, -0.05) is 28.1 Å². The van der Waals surface area contributed by atoms with E-state index in [0.717, 1.165) is 10.0 Å². The number of non-ortho nitro benzene ring substituents is 1. The van der Waals surface area contributed by atoms with Gasteiger partial charge in [0.2, 0.25) is 0 Å². The highest BCUT2D eigenvalue weighted by atomic mass is 79.9. The lowest BCUT2D eigenvalue weighted by Crippen LogP contribution is -2.17. The van der Waals surface area contributed by atoms with Crippen molar-refractivity contribution in [2.75, 3.05) is 0 Å². The molecule has 106 valence electrons. The van der Waals surface area contributed by atoms with Crippen molar-refractivity contribution in [2.24, 2.45) is 5.10 Å². The molecular weight excluding hydrogens is 338 g/mol. The van der Waals surface area contributed by atoms with Gasteiger partial charge >= 0.3 is 0 Å². The fourth-order valence-corrected chi connectivity index (χ4v) is 1.78. The van der Waals surface area contributed by atoms with E-state index in [9.17, 15) is 14.9 Å². The van der Waals surface area contributed by atoms with E-state index in [0.29, 0.717) is 5.56 Å². The van der Waals surface area contributed by atoms with Gasteiger partial charge in [-0.05, 0) is 29.8 Å². The van der Waals surface area contributed by atoms with Crippen LogP contribution in [0.2, 0.25) is 0 Å². The van der Waals surface area contributed by atoms with E-state index in [1.54, 1.807) is 0 Å². The van der Waals surface area contributed by atoms with Crippen LogP contribution in [0.3, 0.4) is 0 Å². The summed E-state index contributed by atoms with van der Waals surface area (Å²) in [4.78, 5) is 21.8. The van der Waals surface area contributed by atoms with Crippen molar-refractivity contribution in [3.05, 3.63) is 74.2 Å². The van der Waals surface area contributed by atoms with Crippen LogP contribution in [0.15, 0.2) is 58.1 Å². The third-order valence-corrected chi connectivity index (χ3v) is 3.12. The Morgan fingerprint density at radius 1 is 1.14 bits per heavy atom. The van der Waals surface area contributed by atoms with Crippen molar-refractivity contribution < 1.29 is 9.72 Å². The van der Waals surface area contributed by atoms with E-state index in [2.05, 4.69) is 26.5 Å². The van der Waals surface area contributed by atoms with E-state index in [1.807, 2.05) is 24.3 Å². The molecule has 21 heavy (non-hydrogen) atoms. The second-order valence-electron chi connectivity index (χ2n) is 4.05. The average molecular weight is 348 g/mol. The van der Waals surface area contributed by atoms with E-state index < -0.39 is 10.8 Å². The quantitative estimate of drug-likeness (QED) is 0.523. The number of benzene rings is 2. The Hall–Kier alpha value is -2.54. The van der Waals surface area contributed by atoms with E-state index in [4.69, 9.17) is 0 Å².